The smallest absolute Gasteiger partial charge is 0.302 e. The molecule has 2 amide bonds. The Kier molecular flexibility index (Phi) is 2.89. The minimum atomic E-state index is -1.05. The number of nitrogens with zero attached hydrogens (tertiary/aromatic N) is 2. The lowest BCUT2D eigenvalue weighted by Crippen LogP contribution is -2.44. The molecule has 3 aliphatic rings. The molecule has 0 aliphatic carbocycles. The molecule has 0 aromatic carbocycles. The summed E-state index contributed by atoms with van der Waals surface area (Å²) in [6.07, 6.45) is 6.11. The van der Waals surface area contributed by atoms with Crippen LogP contribution in [0.5, 0.6) is 0 Å². The molecule has 2 saturated heterocycles. The van der Waals surface area contributed by atoms with Crippen LogP contribution < -0.4 is 4.90 Å². The van der Waals surface area contributed by atoms with E-state index in [1.807, 2.05) is 0 Å². The third kappa shape index (κ3) is 1.86. The zero-order valence-electron chi connectivity index (χ0n) is 12.3. The van der Waals surface area contributed by atoms with E-state index in [2.05, 4.69) is 4.98 Å². The van der Waals surface area contributed by atoms with Gasteiger partial charge in [-0.1, -0.05) is 6.08 Å². The molecule has 4 heterocycles. The Morgan fingerprint density at radius 1 is 1.35 bits per heavy atom. The lowest BCUT2D eigenvalue weighted by Gasteiger charge is -2.28. The lowest BCUT2D eigenvalue weighted by molar-refractivity contribution is -0.150. The maximum atomic E-state index is 12.9. The van der Waals surface area contributed by atoms with Crippen molar-refractivity contribution >= 4 is 23.5 Å². The average Bonchev–Trinajstić information content (AvgIpc) is 3.17. The summed E-state index contributed by atoms with van der Waals surface area (Å²) >= 11 is 0. The fourth-order valence-corrected chi connectivity index (χ4v) is 3.63. The highest BCUT2D eigenvalue weighted by atomic mass is 16.6. The number of hydrogen-bond acceptors (Lipinski definition) is 6. The van der Waals surface area contributed by atoms with Gasteiger partial charge in [-0.25, -0.2) is 4.90 Å². The first-order chi connectivity index (χ1) is 11.0. The fourth-order valence-electron chi connectivity index (χ4n) is 3.63. The minimum Gasteiger partial charge on any atom is -0.462 e. The van der Waals surface area contributed by atoms with Gasteiger partial charge in [0.05, 0.1) is 23.6 Å². The van der Waals surface area contributed by atoms with Gasteiger partial charge in [0.25, 0.3) is 0 Å². The van der Waals surface area contributed by atoms with Crippen molar-refractivity contribution in [2.45, 2.75) is 18.6 Å². The molecule has 2 fully saturated rings. The molecule has 23 heavy (non-hydrogen) atoms. The number of pyridine rings is 1. The molecular weight excluding hydrogens is 300 g/mol. The maximum absolute atomic E-state index is 12.9. The lowest BCUT2D eigenvalue weighted by atomic mass is 9.77. The molecule has 118 valence electrons. The van der Waals surface area contributed by atoms with E-state index >= 15 is 0 Å². The topological polar surface area (TPSA) is 85.8 Å². The van der Waals surface area contributed by atoms with Crippen LogP contribution in [0.2, 0.25) is 0 Å². The number of fused-ring (bicyclic) bond motifs is 5. The number of anilines is 1. The summed E-state index contributed by atoms with van der Waals surface area (Å²) in [5.74, 6) is -2.31. The van der Waals surface area contributed by atoms with Gasteiger partial charge in [0.2, 0.25) is 11.8 Å². The number of amides is 2. The number of carbonyl (C=O) groups excluding carboxylic acids is 3. The number of ether oxygens (including phenoxy) is 2. The van der Waals surface area contributed by atoms with Crippen LogP contribution in [-0.4, -0.2) is 41.1 Å². The van der Waals surface area contributed by atoms with Crippen LogP contribution in [0.1, 0.15) is 6.92 Å². The number of aromatic nitrogens is 1. The predicted molar refractivity (Wildman–Crippen MR) is 77.1 cm³/mol. The summed E-state index contributed by atoms with van der Waals surface area (Å²) in [5.41, 5.74) is -0.554. The van der Waals surface area contributed by atoms with Crippen molar-refractivity contribution in [1.82, 2.24) is 4.98 Å². The molecule has 0 radical (unpaired) electrons. The van der Waals surface area contributed by atoms with E-state index in [1.165, 1.54) is 24.2 Å². The number of esters is 1. The van der Waals surface area contributed by atoms with Gasteiger partial charge < -0.3 is 9.47 Å². The van der Waals surface area contributed by atoms with Gasteiger partial charge in [-0.15, -0.1) is 0 Å². The van der Waals surface area contributed by atoms with E-state index in [0.29, 0.717) is 5.69 Å². The zero-order chi connectivity index (χ0) is 16.2. The van der Waals surface area contributed by atoms with Gasteiger partial charge >= 0.3 is 5.97 Å². The second kappa shape index (κ2) is 4.73. The minimum absolute atomic E-state index is 0.0697. The zero-order valence-corrected chi connectivity index (χ0v) is 12.3. The predicted octanol–water partition coefficient (Wildman–Crippen LogP) is 0.458. The molecule has 7 heteroatoms. The second-order valence-electron chi connectivity index (χ2n) is 5.90. The first-order valence-electron chi connectivity index (χ1n) is 7.32. The molecule has 2 bridgehead atoms. The van der Waals surface area contributed by atoms with Crippen LogP contribution in [-0.2, 0) is 23.9 Å². The number of hydrogen-bond donors (Lipinski definition) is 0. The Morgan fingerprint density at radius 2 is 2.09 bits per heavy atom. The SMILES string of the molecule is CC(=O)OC[C@@]12C=C[C@@H](O1)[C@@H]1C(=O)N(c3ccncc3)C(=O)[C@H]12. The number of carbonyl (C=O) groups is 3. The van der Waals surface area contributed by atoms with E-state index in [1.54, 1.807) is 24.3 Å². The summed E-state index contributed by atoms with van der Waals surface area (Å²) in [6.45, 7) is 1.23. The number of imide groups is 1. The molecule has 0 saturated carbocycles. The van der Waals surface area contributed by atoms with Gasteiger partial charge in [-0.05, 0) is 18.2 Å². The first kappa shape index (κ1) is 14.1. The van der Waals surface area contributed by atoms with Gasteiger partial charge in [0.15, 0.2) is 0 Å². The van der Waals surface area contributed by atoms with E-state index in [-0.39, 0.29) is 18.4 Å². The summed E-state index contributed by atoms with van der Waals surface area (Å²) in [4.78, 5) is 41.8. The van der Waals surface area contributed by atoms with Crippen molar-refractivity contribution < 1.29 is 23.9 Å². The Bertz CT molecular complexity index is 731. The van der Waals surface area contributed by atoms with Gasteiger partial charge in [-0.3, -0.25) is 19.4 Å². The third-order valence-corrected chi connectivity index (χ3v) is 4.58. The normalized spacial score (nSPS) is 34.1. The van der Waals surface area contributed by atoms with Crippen molar-refractivity contribution in [2.24, 2.45) is 11.8 Å². The summed E-state index contributed by atoms with van der Waals surface area (Å²) in [5, 5.41) is 0. The quantitative estimate of drug-likeness (QED) is 0.458. The maximum Gasteiger partial charge on any atom is 0.302 e. The largest absolute Gasteiger partial charge is 0.462 e. The molecule has 0 spiro atoms. The molecule has 4 rings (SSSR count). The molecule has 4 atom stereocenters. The Hall–Kier alpha value is -2.54. The molecule has 1 aromatic rings. The van der Waals surface area contributed by atoms with Crippen LogP contribution >= 0.6 is 0 Å². The van der Waals surface area contributed by atoms with Crippen molar-refractivity contribution in [1.29, 1.82) is 0 Å². The number of rotatable bonds is 3. The van der Waals surface area contributed by atoms with Crippen LogP contribution in [0.15, 0.2) is 36.7 Å². The summed E-state index contributed by atoms with van der Waals surface area (Å²) < 4.78 is 10.9. The Morgan fingerprint density at radius 3 is 2.78 bits per heavy atom. The van der Waals surface area contributed by atoms with Gasteiger partial charge in [0, 0.05) is 19.3 Å². The Balaban J connectivity index is 1.70. The van der Waals surface area contributed by atoms with Gasteiger partial charge in [0.1, 0.15) is 12.2 Å². The van der Waals surface area contributed by atoms with Crippen molar-refractivity contribution in [3.05, 3.63) is 36.7 Å². The molecule has 1 aromatic heterocycles. The van der Waals surface area contributed by atoms with Crippen LogP contribution in [0.25, 0.3) is 0 Å². The third-order valence-electron chi connectivity index (χ3n) is 4.58. The highest BCUT2D eigenvalue weighted by Crippen LogP contribution is 2.52. The van der Waals surface area contributed by atoms with E-state index in [9.17, 15) is 14.4 Å². The first-order valence-corrected chi connectivity index (χ1v) is 7.32. The van der Waals surface area contributed by atoms with Crippen LogP contribution in [0.3, 0.4) is 0 Å². The van der Waals surface area contributed by atoms with E-state index in [0.717, 1.165) is 0 Å². The van der Waals surface area contributed by atoms with Crippen molar-refractivity contribution in [3.8, 4) is 0 Å². The monoisotopic (exact) mass is 314 g/mol. The van der Waals surface area contributed by atoms with E-state index < -0.39 is 29.5 Å². The summed E-state index contributed by atoms with van der Waals surface area (Å²) in [7, 11) is 0. The fraction of sp³-hybridized carbons (Fsp3) is 0.375. The highest BCUT2D eigenvalue weighted by molar-refractivity contribution is 6.23. The average molecular weight is 314 g/mol. The van der Waals surface area contributed by atoms with Crippen LogP contribution in [0, 0.1) is 11.8 Å². The Labute approximate surface area is 131 Å². The van der Waals surface area contributed by atoms with Gasteiger partial charge in [-0.2, -0.15) is 0 Å². The summed E-state index contributed by atoms with van der Waals surface area (Å²) in [6, 6.07) is 3.23. The standard InChI is InChI=1S/C16H14N2O5/c1-9(19)22-8-16-5-2-11(23-16)12-13(16)15(21)18(14(12)20)10-3-6-17-7-4-10/h2-7,11-13H,8H2,1H3/t11-,12+,13+,16-/m1/s1. The highest BCUT2D eigenvalue weighted by Gasteiger charge is 2.68. The molecule has 3 aliphatic heterocycles. The van der Waals surface area contributed by atoms with Crippen molar-refractivity contribution in [2.75, 3.05) is 11.5 Å². The molecule has 7 nitrogen and oxygen atoms in total. The second-order valence-corrected chi connectivity index (χ2v) is 5.90. The molecule has 0 unspecified atom stereocenters. The van der Waals surface area contributed by atoms with E-state index in [4.69, 9.17) is 9.47 Å². The molecule has 0 N–H and O–H groups in total. The van der Waals surface area contributed by atoms with Crippen LogP contribution in [0.4, 0.5) is 5.69 Å². The van der Waals surface area contributed by atoms with Crippen molar-refractivity contribution in [3.63, 3.8) is 0 Å². The molecular formula is C16H14N2O5.